The number of piperidine rings is 1. The standard InChI is InChI=1S/C17H26N4O.HI/c1-3-14-7-4-8-15(10-14)20-16(22)11-19-17(18)21-9-5-6-13(2)12-21;/h4,7-8,10,13H,3,5-6,9,11-12H2,1-2H3,(H2,18,19)(H,20,22);1H. The summed E-state index contributed by atoms with van der Waals surface area (Å²) in [7, 11) is 0. The third-order valence-electron chi connectivity index (χ3n) is 3.98. The van der Waals surface area contributed by atoms with Gasteiger partial charge in [-0.3, -0.25) is 4.79 Å². The zero-order valence-electron chi connectivity index (χ0n) is 13.9. The summed E-state index contributed by atoms with van der Waals surface area (Å²) in [5.41, 5.74) is 8.00. The number of rotatable bonds is 4. The molecular weight excluding hydrogens is 403 g/mol. The van der Waals surface area contributed by atoms with Crippen molar-refractivity contribution < 1.29 is 4.79 Å². The van der Waals surface area contributed by atoms with Crippen LogP contribution in [0, 0.1) is 5.92 Å². The molecule has 0 aromatic heterocycles. The molecule has 0 saturated carbocycles. The number of likely N-dealkylation sites (tertiary alicyclic amines) is 1. The van der Waals surface area contributed by atoms with Gasteiger partial charge < -0.3 is 16.0 Å². The Bertz CT molecular complexity index is 547. The molecule has 1 aromatic carbocycles. The molecule has 1 atom stereocenters. The van der Waals surface area contributed by atoms with Crippen molar-refractivity contribution in [3.05, 3.63) is 29.8 Å². The molecule has 0 radical (unpaired) electrons. The second kappa shape index (κ2) is 9.75. The lowest BCUT2D eigenvalue weighted by atomic mass is 10.0. The van der Waals surface area contributed by atoms with E-state index in [1.807, 2.05) is 24.3 Å². The first-order valence-corrected chi connectivity index (χ1v) is 8.02. The van der Waals surface area contributed by atoms with Gasteiger partial charge in [0.2, 0.25) is 5.91 Å². The van der Waals surface area contributed by atoms with Crippen LogP contribution in [-0.4, -0.2) is 36.4 Å². The summed E-state index contributed by atoms with van der Waals surface area (Å²) in [6.45, 7) is 6.22. The lowest BCUT2D eigenvalue weighted by Gasteiger charge is -2.31. The number of aliphatic imine (C=N–C) groups is 1. The highest BCUT2D eigenvalue weighted by Gasteiger charge is 2.17. The van der Waals surface area contributed by atoms with Crippen molar-refractivity contribution in [2.75, 3.05) is 25.0 Å². The average molecular weight is 430 g/mol. The fraction of sp³-hybridized carbons (Fsp3) is 0.529. The lowest BCUT2D eigenvalue weighted by molar-refractivity contribution is -0.114. The van der Waals surface area contributed by atoms with Crippen molar-refractivity contribution in [2.24, 2.45) is 16.6 Å². The summed E-state index contributed by atoms with van der Waals surface area (Å²) >= 11 is 0. The van der Waals surface area contributed by atoms with E-state index in [1.165, 1.54) is 12.0 Å². The quantitative estimate of drug-likeness (QED) is 0.439. The number of carbonyl (C=O) groups is 1. The largest absolute Gasteiger partial charge is 0.370 e. The number of guanidine groups is 1. The van der Waals surface area contributed by atoms with Crippen LogP contribution in [0.5, 0.6) is 0 Å². The molecule has 0 spiro atoms. The van der Waals surface area contributed by atoms with Gasteiger partial charge in [-0.25, -0.2) is 4.99 Å². The van der Waals surface area contributed by atoms with Crippen LogP contribution in [0.4, 0.5) is 5.69 Å². The van der Waals surface area contributed by atoms with Crippen LogP contribution in [0.1, 0.15) is 32.3 Å². The summed E-state index contributed by atoms with van der Waals surface area (Å²) < 4.78 is 0. The second-order valence-corrected chi connectivity index (χ2v) is 5.97. The number of hydrogen-bond acceptors (Lipinski definition) is 2. The Morgan fingerprint density at radius 3 is 2.96 bits per heavy atom. The molecule has 2 rings (SSSR count). The van der Waals surface area contributed by atoms with Crippen LogP contribution < -0.4 is 11.1 Å². The highest BCUT2D eigenvalue weighted by atomic mass is 127. The van der Waals surface area contributed by atoms with Gasteiger partial charge >= 0.3 is 0 Å². The Labute approximate surface area is 155 Å². The van der Waals surface area contributed by atoms with Gasteiger partial charge in [0.05, 0.1) is 0 Å². The molecule has 1 aromatic rings. The van der Waals surface area contributed by atoms with E-state index in [0.29, 0.717) is 11.9 Å². The molecule has 3 N–H and O–H groups in total. The predicted molar refractivity (Wildman–Crippen MR) is 106 cm³/mol. The molecule has 1 aliphatic rings. The zero-order chi connectivity index (χ0) is 15.9. The highest BCUT2D eigenvalue weighted by Crippen LogP contribution is 2.15. The molecule has 1 unspecified atom stereocenters. The van der Waals surface area contributed by atoms with Gasteiger partial charge in [-0.2, -0.15) is 0 Å². The van der Waals surface area contributed by atoms with Gasteiger partial charge in [0.1, 0.15) is 6.54 Å². The predicted octanol–water partition coefficient (Wildman–Crippen LogP) is 2.85. The highest BCUT2D eigenvalue weighted by molar-refractivity contribution is 14.0. The number of amides is 1. The Morgan fingerprint density at radius 1 is 1.48 bits per heavy atom. The summed E-state index contributed by atoms with van der Waals surface area (Å²) in [6, 6.07) is 7.86. The fourth-order valence-corrected chi connectivity index (χ4v) is 2.72. The normalized spacial score (nSPS) is 18.3. The molecule has 0 bridgehead atoms. The molecule has 23 heavy (non-hydrogen) atoms. The maximum atomic E-state index is 12.0. The third kappa shape index (κ3) is 6.37. The van der Waals surface area contributed by atoms with E-state index in [4.69, 9.17) is 5.73 Å². The first-order valence-electron chi connectivity index (χ1n) is 8.02. The Hall–Kier alpha value is -1.31. The molecule has 1 aliphatic heterocycles. The third-order valence-corrected chi connectivity index (χ3v) is 3.98. The number of carbonyl (C=O) groups excluding carboxylic acids is 1. The number of nitrogens with one attached hydrogen (secondary N) is 1. The summed E-state index contributed by atoms with van der Waals surface area (Å²) in [5, 5.41) is 2.86. The molecule has 1 heterocycles. The van der Waals surface area contributed by atoms with E-state index in [1.54, 1.807) is 0 Å². The number of nitrogens with zero attached hydrogens (tertiary/aromatic N) is 2. The molecule has 5 nitrogen and oxygen atoms in total. The van der Waals surface area contributed by atoms with Gasteiger partial charge in [0, 0.05) is 18.8 Å². The van der Waals surface area contributed by atoms with Crippen molar-refractivity contribution in [3.63, 3.8) is 0 Å². The molecule has 0 aliphatic carbocycles. The van der Waals surface area contributed by atoms with Gasteiger partial charge in [0.15, 0.2) is 5.96 Å². The van der Waals surface area contributed by atoms with Crippen molar-refractivity contribution in [3.8, 4) is 0 Å². The van der Waals surface area contributed by atoms with Crippen molar-refractivity contribution in [1.82, 2.24) is 4.90 Å². The smallest absolute Gasteiger partial charge is 0.246 e. The Morgan fingerprint density at radius 2 is 2.26 bits per heavy atom. The SMILES string of the molecule is CCc1cccc(NC(=O)CN=C(N)N2CCCC(C)C2)c1.I. The van der Waals surface area contributed by atoms with Gasteiger partial charge in [-0.05, 0) is 42.9 Å². The first kappa shape index (κ1) is 19.7. The van der Waals surface area contributed by atoms with Gasteiger partial charge in [0.25, 0.3) is 0 Å². The molecule has 1 amide bonds. The summed E-state index contributed by atoms with van der Waals surface area (Å²) in [6.07, 6.45) is 3.31. The number of aryl methyl sites for hydroxylation is 1. The van der Waals surface area contributed by atoms with Crippen LogP contribution in [0.3, 0.4) is 0 Å². The number of nitrogens with two attached hydrogens (primary N) is 1. The zero-order valence-corrected chi connectivity index (χ0v) is 16.2. The van der Waals surface area contributed by atoms with Crippen molar-refractivity contribution >= 4 is 41.5 Å². The monoisotopic (exact) mass is 430 g/mol. The maximum absolute atomic E-state index is 12.0. The number of benzene rings is 1. The van der Waals surface area contributed by atoms with Crippen molar-refractivity contribution in [2.45, 2.75) is 33.1 Å². The molecule has 128 valence electrons. The van der Waals surface area contributed by atoms with E-state index in [0.717, 1.165) is 31.6 Å². The van der Waals surface area contributed by atoms with E-state index in [2.05, 4.69) is 29.1 Å². The van der Waals surface area contributed by atoms with Gasteiger partial charge in [-0.1, -0.05) is 26.0 Å². The lowest BCUT2D eigenvalue weighted by Crippen LogP contribution is -2.43. The maximum Gasteiger partial charge on any atom is 0.246 e. The number of hydrogen-bond donors (Lipinski definition) is 2. The average Bonchev–Trinajstić information content (AvgIpc) is 2.52. The first-order chi connectivity index (χ1) is 10.6. The van der Waals surface area contributed by atoms with Gasteiger partial charge in [-0.15, -0.1) is 24.0 Å². The van der Waals surface area contributed by atoms with Crippen molar-refractivity contribution in [1.29, 1.82) is 0 Å². The van der Waals surface area contributed by atoms with E-state index in [-0.39, 0.29) is 36.4 Å². The minimum atomic E-state index is -0.138. The van der Waals surface area contributed by atoms with Crippen LogP contribution in [0.2, 0.25) is 0 Å². The fourth-order valence-electron chi connectivity index (χ4n) is 2.72. The van der Waals surface area contributed by atoms with E-state index in [9.17, 15) is 4.79 Å². The van der Waals surface area contributed by atoms with E-state index < -0.39 is 0 Å². The number of anilines is 1. The summed E-state index contributed by atoms with van der Waals surface area (Å²) in [5.74, 6) is 0.971. The molecule has 1 saturated heterocycles. The Balaban J connectivity index is 0.00000264. The van der Waals surface area contributed by atoms with E-state index >= 15 is 0 Å². The summed E-state index contributed by atoms with van der Waals surface area (Å²) in [4.78, 5) is 18.3. The van der Waals surface area contributed by atoms with Crippen LogP contribution in [0.25, 0.3) is 0 Å². The van der Waals surface area contributed by atoms with Crippen LogP contribution >= 0.6 is 24.0 Å². The van der Waals surface area contributed by atoms with Crippen LogP contribution in [-0.2, 0) is 11.2 Å². The second-order valence-electron chi connectivity index (χ2n) is 5.97. The topological polar surface area (TPSA) is 70.7 Å². The number of halogens is 1. The molecular formula is C17H27IN4O. The van der Waals surface area contributed by atoms with Crippen LogP contribution in [0.15, 0.2) is 29.3 Å². The molecule has 1 fully saturated rings. The minimum Gasteiger partial charge on any atom is -0.370 e. The molecule has 6 heteroatoms. The Kier molecular flexibility index (Phi) is 8.36. The minimum absolute atomic E-state index is 0.